The monoisotopic (exact) mass is 239 g/mol. The second kappa shape index (κ2) is 5.69. The summed E-state index contributed by atoms with van der Waals surface area (Å²) >= 11 is 1.96. The zero-order valence-electron chi connectivity index (χ0n) is 9.42. The third-order valence-electron chi connectivity index (χ3n) is 3.04. The Morgan fingerprint density at radius 3 is 2.56 bits per heavy atom. The molecule has 0 aliphatic heterocycles. The zero-order valence-corrected chi connectivity index (χ0v) is 10.2. The van der Waals surface area contributed by atoms with Gasteiger partial charge in [-0.2, -0.15) is 11.8 Å². The van der Waals surface area contributed by atoms with Gasteiger partial charge in [-0.3, -0.25) is 0 Å². The highest BCUT2D eigenvalue weighted by Crippen LogP contribution is 2.31. The molecule has 1 saturated carbocycles. The molecule has 0 spiro atoms. The molecule has 0 saturated heterocycles. The smallest absolute Gasteiger partial charge is 0.123 e. The topological polar surface area (TPSA) is 26.0 Å². The minimum atomic E-state index is -0.162. The van der Waals surface area contributed by atoms with E-state index in [9.17, 15) is 4.39 Å². The molecule has 16 heavy (non-hydrogen) atoms. The van der Waals surface area contributed by atoms with E-state index in [1.807, 2.05) is 17.8 Å². The fourth-order valence-corrected chi connectivity index (χ4v) is 3.45. The number of hydrogen-bond donors (Lipinski definition) is 1. The van der Waals surface area contributed by atoms with Gasteiger partial charge in [0.15, 0.2) is 0 Å². The third-order valence-corrected chi connectivity index (χ3v) is 4.48. The molecule has 2 rings (SSSR count). The van der Waals surface area contributed by atoms with Crippen molar-refractivity contribution in [3.63, 3.8) is 0 Å². The molecule has 0 atom stereocenters. The first-order chi connectivity index (χ1) is 7.78. The lowest BCUT2D eigenvalue weighted by atomic mass is 10.1. The SMILES string of the molecule is NCc1cc(F)cc(CSC2CCCC2)c1. The van der Waals surface area contributed by atoms with E-state index >= 15 is 0 Å². The van der Waals surface area contributed by atoms with Crippen molar-refractivity contribution in [2.45, 2.75) is 43.2 Å². The summed E-state index contributed by atoms with van der Waals surface area (Å²) < 4.78 is 13.3. The molecule has 3 heteroatoms. The van der Waals surface area contributed by atoms with Crippen molar-refractivity contribution in [3.05, 3.63) is 35.1 Å². The van der Waals surface area contributed by atoms with Crippen LogP contribution in [0.15, 0.2) is 18.2 Å². The van der Waals surface area contributed by atoms with Crippen LogP contribution in [-0.2, 0) is 12.3 Å². The van der Waals surface area contributed by atoms with Crippen LogP contribution in [0.2, 0.25) is 0 Å². The summed E-state index contributed by atoms with van der Waals surface area (Å²) in [7, 11) is 0. The summed E-state index contributed by atoms with van der Waals surface area (Å²) in [5, 5.41) is 0.782. The lowest BCUT2D eigenvalue weighted by Crippen LogP contribution is -1.99. The highest BCUT2D eigenvalue weighted by molar-refractivity contribution is 7.99. The molecular formula is C13H18FNS. The number of nitrogens with two attached hydrogens (primary N) is 1. The van der Waals surface area contributed by atoms with Gasteiger partial charge in [0.2, 0.25) is 0 Å². The number of halogens is 1. The lowest BCUT2D eigenvalue weighted by molar-refractivity contribution is 0.624. The molecule has 0 heterocycles. The summed E-state index contributed by atoms with van der Waals surface area (Å²) in [6.45, 7) is 0.416. The first-order valence-corrected chi connectivity index (χ1v) is 6.93. The Bertz CT molecular complexity index is 348. The lowest BCUT2D eigenvalue weighted by Gasteiger charge is -2.09. The van der Waals surface area contributed by atoms with Crippen LogP contribution in [-0.4, -0.2) is 5.25 Å². The van der Waals surface area contributed by atoms with Crippen LogP contribution < -0.4 is 5.73 Å². The van der Waals surface area contributed by atoms with E-state index in [4.69, 9.17) is 5.73 Å². The summed E-state index contributed by atoms with van der Waals surface area (Å²) in [6, 6.07) is 5.16. The maximum atomic E-state index is 13.3. The van der Waals surface area contributed by atoms with Crippen LogP contribution in [0, 0.1) is 5.82 Å². The molecule has 2 N–H and O–H groups in total. The van der Waals surface area contributed by atoms with E-state index in [2.05, 4.69) is 0 Å². The van der Waals surface area contributed by atoms with Crippen molar-refractivity contribution < 1.29 is 4.39 Å². The van der Waals surface area contributed by atoms with Crippen molar-refractivity contribution in [2.75, 3.05) is 0 Å². The van der Waals surface area contributed by atoms with Gasteiger partial charge in [-0.05, 0) is 36.1 Å². The first-order valence-electron chi connectivity index (χ1n) is 5.88. The molecule has 1 fully saturated rings. The van der Waals surface area contributed by atoms with Crippen molar-refractivity contribution in [1.29, 1.82) is 0 Å². The fraction of sp³-hybridized carbons (Fsp3) is 0.538. The zero-order chi connectivity index (χ0) is 11.4. The molecular weight excluding hydrogens is 221 g/mol. The van der Waals surface area contributed by atoms with Crippen LogP contribution in [0.3, 0.4) is 0 Å². The van der Waals surface area contributed by atoms with Gasteiger partial charge in [-0.25, -0.2) is 4.39 Å². The van der Waals surface area contributed by atoms with Gasteiger partial charge >= 0.3 is 0 Å². The molecule has 0 unspecified atom stereocenters. The van der Waals surface area contributed by atoms with Gasteiger partial charge in [-0.15, -0.1) is 0 Å². The van der Waals surface area contributed by atoms with Crippen molar-refractivity contribution in [2.24, 2.45) is 5.73 Å². The molecule has 0 aromatic heterocycles. The largest absolute Gasteiger partial charge is 0.326 e. The summed E-state index contributed by atoms with van der Waals surface area (Å²) in [6.07, 6.45) is 5.36. The first kappa shape index (κ1) is 11.9. The van der Waals surface area contributed by atoms with E-state index in [1.165, 1.54) is 31.7 Å². The molecule has 0 bridgehead atoms. The van der Waals surface area contributed by atoms with Crippen molar-refractivity contribution in [3.8, 4) is 0 Å². The molecule has 1 nitrogen and oxygen atoms in total. The van der Waals surface area contributed by atoms with Crippen molar-refractivity contribution in [1.82, 2.24) is 0 Å². The number of hydrogen-bond acceptors (Lipinski definition) is 2. The Hall–Kier alpha value is -0.540. The Balaban J connectivity index is 1.94. The van der Waals surface area contributed by atoms with Crippen LogP contribution in [0.25, 0.3) is 0 Å². The molecule has 0 amide bonds. The predicted octanol–water partition coefficient (Wildman–Crippen LogP) is 3.46. The van der Waals surface area contributed by atoms with E-state index in [0.29, 0.717) is 6.54 Å². The minimum Gasteiger partial charge on any atom is -0.326 e. The Morgan fingerprint density at radius 2 is 1.88 bits per heavy atom. The van der Waals surface area contributed by atoms with Gasteiger partial charge in [0.25, 0.3) is 0 Å². The maximum Gasteiger partial charge on any atom is 0.123 e. The van der Waals surface area contributed by atoms with E-state index in [1.54, 1.807) is 6.07 Å². The average Bonchev–Trinajstić information content (AvgIpc) is 2.78. The molecule has 0 radical (unpaired) electrons. The minimum absolute atomic E-state index is 0.162. The second-order valence-electron chi connectivity index (χ2n) is 4.39. The van der Waals surface area contributed by atoms with E-state index in [-0.39, 0.29) is 5.82 Å². The van der Waals surface area contributed by atoms with Crippen LogP contribution in [0.5, 0.6) is 0 Å². The third kappa shape index (κ3) is 3.22. The second-order valence-corrected chi connectivity index (χ2v) is 5.68. The highest BCUT2D eigenvalue weighted by atomic mass is 32.2. The quantitative estimate of drug-likeness (QED) is 0.870. The predicted molar refractivity (Wildman–Crippen MR) is 67.8 cm³/mol. The highest BCUT2D eigenvalue weighted by Gasteiger charge is 2.15. The van der Waals surface area contributed by atoms with Crippen molar-refractivity contribution >= 4 is 11.8 Å². The summed E-state index contributed by atoms with van der Waals surface area (Å²) in [5.41, 5.74) is 7.49. The van der Waals surface area contributed by atoms with Crippen LogP contribution in [0.4, 0.5) is 4.39 Å². The Morgan fingerprint density at radius 1 is 1.19 bits per heavy atom. The molecule has 1 aliphatic rings. The van der Waals surface area contributed by atoms with Crippen LogP contribution >= 0.6 is 11.8 Å². The fourth-order valence-electron chi connectivity index (χ4n) is 2.19. The van der Waals surface area contributed by atoms with Gasteiger partial charge in [0.05, 0.1) is 0 Å². The summed E-state index contributed by atoms with van der Waals surface area (Å²) in [4.78, 5) is 0. The van der Waals surface area contributed by atoms with Crippen LogP contribution in [0.1, 0.15) is 36.8 Å². The van der Waals surface area contributed by atoms with Gasteiger partial charge in [0, 0.05) is 17.5 Å². The average molecular weight is 239 g/mol. The van der Waals surface area contributed by atoms with E-state index < -0.39 is 0 Å². The Kier molecular flexibility index (Phi) is 4.24. The van der Waals surface area contributed by atoms with Gasteiger partial charge < -0.3 is 5.73 Å². The number of benzene rings is 1. The molecule has 88 valence electrons. The maximum absolute atomic E-state index is 13.3. The summed E-state index contributed by atoms with van der Waals surface area (Å²) in [5.74, 6) is 0.750. The normalized spacial score (nSPS) is 16.9. The number of thioether (sulfide) groups is 1. The van der Waals surface area contributed by atoms with Gasteiger partial charge in [0.1, 0.15) is 5.82 Å². The molecule has 1 aliphatic carbocycles. The Labute approximate surface area is 101 Å². The molecule has 1 aromatic carbocycles. The standard InChI is InChI=1S/C13H18FNS/c14-12-6-10(8-15)5-11(7-12)9-16-13-3-1-2-4-13/h5-7,13H,1-4,8-9,15H2. The van der Waals surface area contributed by atoms with E-state index in [0.717, 1.165) is 22.1 Å². The molecule has 1 aromatic rings. The van der Waals surface area contributed by atoms with Gasteiger partial charge in [-0.1, -0.05) is 18.9 Å². The number of rotatable bonds is 4.